The molecular formula is C11H13NO. The lowest BCUT2D eigenvalue weighted by Crippen LogP contribution is -1.90. The number of benzene rings is 1. The lowest BCUT2D eigenvalue weighted by Gasteiger charge is -2.08. The number of rotatable bonds is 2. The molecule has 2 heteroatoms. The first kappa shape index (κ1) is 8.42. The Labute approximate surface area is 77.9 Å². The molecule has 0 radical (unpaired) electrons. The van der Waals surface area contributed by atoms with Gasteiger partial charge in [0.25, 0.3) is 0 Å². The number of hydrogen-bond acceptors (Lipinski definition) is 2. The minimum atomic E-state index is 0.529. The van der Waals surface area contributed by atoms with Crippen LogP contribution in [-0.2, 0) is 0 Å². The quantitative estimate of drug-likeness (QED) is 0.629. The van der Waals surface area contributed by atoms with Gasteiger partial charge in [-0.05, 0) is 41.6 Å². The summed E-state index contributed by atoms with van der Waals surface area (Å²) in [6.45, 7) is 0. The first-order valence-electron chi connectivity index (χ1n) is 4.83. The summed E-state index contributed by atoms with van der Waals surface area (Å²) in [5, 5.41) is 2.89. The third kappa shape index (κ3) is 1.77. The SMILES string of the molecule is O=Nc1ccc(C2CCCC2)cc1. The summed E-state index contributed by atoms with van der Waals surface area (Å²) in [5.74, 6) is 0.723. The Morgan fingerprint density at radius 3 is 2.23 bits per heavy atom. The molecule has 1 aliphatic carbocycles. The zero-order valence-corrected chi connectivity index (χ0v) is 7.57. The van der Waals surface area contributed by atoms with E-state index in [4.69, 9.17) is 0 Å². The van der Waals surface area contributed by atoms with Crippen molar-refractivity contribution in [3.8, 4) is 0 Å². The maximum Gasteiger partial charge on any atom is 0.108 e. The summed E-state index contributed by atoms with van der Waals surface area (Å²) < 4.78 is 0. The van der Waals surface area contributed by atoms with Gasteiger partial charge in [-0.1, -0.05) is 25.0 Å². The molecule has 68 valence electrons. The molecule has 1 aromatic carbocycles. The average Bonchev–Trinajstić information content (AvgIpc) is 2.71. The lowest BCUT2D eigenvalue weighted by atomic mass is 9.98. The standard InChI is InChI=1S/C11H13NO/c13-12-11-7-5-10(6-8-11)9-3-1-2-4-9/h5-9H,1-4H2. The third-order valence-electron chi connectivity index (χ3n) is 2.83. The van der Waals surface area contributed by atoms with Crippen LogP contribution in [-0.4, -0.2) is 0 Å². The van der Waals surface area contributed by atoms with Gasteiger partial charge in [0.1, 0.15) is 5.69 Å². The molecule has 13 heavy (non-hydrogen) atoms. The van der Waals surface area contributed by atoms with Crippen LogP contribution < -0.4 is 0 Å². The molecule has 1 saturated carbocycles. The lowest BCUT2D eigenvalue weighted by molar-refractivity contribution is 0.723. The molecule has 0 aliphatic heterocycles. The van der Waals surface area contributed by atoms with E-state index in [0.717, 1.165) is 5.92 Å². The highest BCUT2D eigenvalue weighted by Crippen LogP contribution is 2.34. The zero-order chi connectivity index (χ0) is 9.10. The van der Waals surface area contributed by atoms with Crippen molar-refractivity contribution in [3.05, 3.63) is 34.7 Å². The highest BCUT2D eigenvalue weighted by atomic mass is 16.3. The van der Waals surface area contributed by atoms with Crippen LogP contribution in [0.4, 0.5) is 5.69 Å². The van der Waals surface area contributed by atoms with Gasteiger partial charge in [0.2, 0.25) is 0 Å². The molecule has 0 amide bonds. The van der Waals surface area contributed by atoms with Crippen LogP contribution in [0.2, 0.25) is 0 Å². The second kappa shape index (κ2) is 3.69. The van der Waals surface area contributed by atoms with Gasteiger partial charge in [-0.15, -0.1) is 4.91 Å². The van der Waals surface area contributed by atoms with Crippen LogP contribution in [0.1, 0.15) is 37.2 Å². The van der Waals surface area contributed by atoms with E-state index in [-0.39, 0.29) is 0 Å². The van der Waals surface area contributed by atoms with Crippen molar-refractivity contribution in [2.24, 2.45) is 5.18 Å². The second-order valence-electron chi connectivity index (χ2n) is 3.66. The molecule has 0 spiro atoms. The molecule has 0 bridgehead atoms. The smallest absolute Gasteiger partial charge is 0.108 e. The van der Waals surface area contributed by atoms with Crippen molar-refractivity contribution in [2.75, 3.05) is 0 Å². The molecule has 0 N–H and O–H groups in total. The monoisotopic (exact) mass is 175 g/mol. The van der Waals surface area contributed by atoms with E-state index in [9.17, 15) is 4.91 Å². The number of nitrogens with zero attached hydrogens (tertiary/aromatic N) is 1. The molecule has 2 nitrogen and oxygen atoms in total. The molecule has 0 unspecified atom stereocenters. The van der Waals surface area contributed by atoms with Crippen molar-refractivity contribution in [2.45, 2.75) is 31.6 Å². The zero-order valence-electron chi connectivity index (χ0n) is 7.57. The van der Waals surface area contributed by atoms with E-state index in [1.165, 1.54) is 31.2 Å². The van der Waals surface area contributed by atoms with Crippen molar-refractivity contribution in [1.82, 2.24) is 0 Å². The van der Waals surface area contributed by atoms with Crippen molar-refractivity contribution < 1.29 is 0 Å². The highest BCUT2D eigenvalue weighted by Gasteiger charge is 2.16. The first-order chi connectivity index (χ1) is 6.40. The molecule has 0 aromatic heterocycles. The summed E-state index contributed by atoms with van der Waals surface area (Å²) in [6.07, 6.45) is 5.29. The summed E-state index contributed by atoms with van der Waals surface area (Å²) >= 11 is 0. The summed E-state index contributed by atoms with van der Waals surface area (Å²) in [7, 11) is 0. The highest BCUT2D eigenvalue weighted by molar-refractivity contribution is 5.39. The van der Waals surface area contributed by atoms with E-state index in [0.29, 0.717) is 5.69 Å². The van der Waals surface area contributed by atoms with Gasteiger partial charge in [-0.3, -0.25) is 0 Å². The van der Waals surface area contributed by atoms with Gasteiger partial charge in [0, 0.05) is 0 Å². The number of nitroso groups, excluding NO2 is 1. The topological polar surface area (TPSA) is 29.4 Å². The molecule has 2 rings (SSSR count). The Bertz CT molecular complexity index is 285. The van der Waals surface area contributed by atoms with Gasteiger partial charge in [0.15, 0.2) is 0 Å². The maximum absolute atomic E-state index is 10.2. The van der Waals surface area contributed by atoms with Gasteiger partial charge in [0.05, 0.1) is 0 Å². The largest absolute Gasteiger partial charge is 0.145 e. The summed E-state index contributed by atoms with van der Waals surface area (Å²) in [4.78, 5) is 10.2. The molecule has 1 aliphatic rings. The summed E-state index contributed by atoms with van der Waals surface area (Å²) in [5.41, 5.74) is 1.90. The molecule has 0 saturated heterocycles. The van der Waals surface area contributed by atoms with Crippen LogP contribution in [0, 0.1) is 4.91 Å². The van der Waals surface area contributed by atoms with Crippen LogP contribution in [0.3, 0.4) is 0 Å². The van der Waals surface area contributed by atoms with E-state index in [2.05, 4.69) is 5.18 Å². The molecule has 1 fully saturated rings. The van der Waals surface area contributed by atoms with E-state index in [1.54, 1.807) is 12.1 Å². The van der Waals surface area contributed by atoms with E-state index >= 15 is 0 Å². The summed E-state index contributed by atoms with van der Waals surface area (Å²) in [6, 6.07) is 7.68. The van der Waals surface area contributed by atoms with Crippen LogP contribution in [0.25, 0.3) is 0 Å². The van der Waals surface area contributed by atoms with Crippen molar-refractivity contribution >= 4 is 5.69 Å². The average molecular weight is 175 g/mol. The Morgan fingerprint density at radius 2 is 1.69 bits per heavy atom. The Hall–Kier alpha value is -1.18. The van der Waals surface area contributed by atoms with Crippen molar-refractivity contribution in [3.63, 3.8) is 0 Å². The molecule has 0 heterocycles. The Balaban J connectivity index is 2.16. The predicted octanol–water partition coefficient (Wildman–Crippen LogP) is 3.74. The Kier molecular flexibility index (Phi) is 2.39. The predicted molar refractivity (Wildman–Crippen MR) is 53.1 cm³/mol. The van der Waals surface area contributed by atoms with E-state index < -0.39 is 0 Å². The molecule has 1 aromatic rings. The third-order valence-corrected chi connectivity index (χ3v) is 2.83. The van der Waals surface area contributed by atoms with Gasteiger partial charge in [-0.25, -0.2) is 0 Å². The molecular weight excluding hydrogens is 162 g/mol. The van der Waals surface area contributed by atoms with Crippen LogP contribution in [0.15, 0.2) is 29.4 Å². The minimum Gasteiger partial charge on any atom is -0.145 e. The molecule has 0 atom stereocenters. The fourth-order valence-electron chi connectivity index (χ4n) is 2.07. The maximum atomic E-state index is 10.2. The number of hydrogen-bond donors (Lipinski definition) is 0. The first-order valence-corrected chi connectivity index (χ1v) is 4.83. The van der Waals surface area contributed by atoms with Crippen molar-refractivity contribution in [1.29, 1.82) is 0 Å². The van der Waals surface area contributed by atoms with Gasteiger partial charge < -0.3 is 0 Å². The van der Waals surface area contributed by atoms with Gasteiger partial charge in [-0.2, -0.15) is 0 Å². The fraction of sp³-hybridized carbons (Fsp3) is 0.455. The Morgan fingerprint density at radius 1 is 1.08 bits per heavy atom. The van der Waals surface area contributed by atoms with E-state index in [1.807, 2.05) is 12.1 Å². The van der Waals surface area contributed by atoms with Crippen LogP contribution in [0.5, 0.6) is 0 Å². The fourth-order valence-corrected chi connectivity index (χ4v) is 2.07. The normalized spacial score (nSPS) is 17.5. The van der Waals surface area contributed by atoms with Crippen LogP contribution >= 0.6 is 0 Å². The minimum absolute atomic E-state index is 0.529. The van der Waals surface area contributed by atoms with Gasteiger partial charge >= 0.3 is 0 Å². The second-order valence-corrected chi connectivity index (χ2v) is 3.66.